The van der Waals surface area contributed by atoms with Gasteiger partial charge in [0.25, 0.3) is 0 Å². The predicted octanol–water partition coefficient (Wildman–Crippen LogP) is 1.70. The number of ether oxygens (including phenoxy) is 2. The Morgan fingerprint density at radius 2 is 2.00 bits per heavy atom. The van der Waals surface area contributed by atoms with Crippen molar-refractivity contribution in [3.8, 4) is 11.5 Å². The van der Waals surface area contributed by atoms with E-state index in [9.17, 15) is 0 Å². The van der Waals surface area contributed by atoms with Crippen LogP contribution in [0, 0.1) is 0 Å². The SMILES string of the molecule is COc1ccc(Cc2nc(C(C)N)no2)cc1OC. The highest BCUT2D eigenvalue weighted by atomic mass is 16.5. The van der Waals surface area contributed by atoms with Crippen LogP contribution in [0.5, 0.6) is 11.5 Å². The molecule has 6 nitrogen and oxygen atoms in total. The minimum atomic E-state index is -0.233. The third-order valence-corrected chi connectivity index (χ3v) is 2.69. The molecule has 19 heavy (non-hydrogen) atoms. The smallest absolute Gasteiger partial charge is 0.231 e. The quantitative estimate of drug-likeness (QED) is 0.883. The van der Waals surface area contributed by atoms with E-state index >= 15 is 0 Å². The molecule has 0 radical (unpaired) electrons. The van der Waals surface area contributed by atoms with E-state index in [0.29, 0.717) is 29.6 Å². The van der Waals surface area contributed by atoms with Crippen LogP contribution in [-0.2, 0) is 6.42 Å². The lowest BCUT2D eigenvalue weighted by atomic mass is 10.1. The van der Waals surface area contributed by atoms with Gasteiger partial charge >= 0.3 is 0 Å². The van der Waals surface area contributed by atoms with Gasteiger partial charge in [-0.25, -0.2) is 0 Å². The molecule has 0 saturated heterocycles. The van der Waals surface area contributed by atoms with Crippen LogP contribution < -0.4 is 15.2 Å². The van der Waals surface area contributed by atoms with E-state index in [0.717, 1.165) is 5.56 Å². The van der Waals surface area contributed by atoms with Crippen molar-refractivity contribution in [3.63, 3.8) is 0 Å². The van der Waals surface area contributed by atoms with Crippen LogP contribution in [0.3, 0.4) is 0 Å². The topological polar surface area (TPSA) is 83.4 Å². The predicted molar refractivity (Wildman–Crippen MR) is 69.3 cm³/mol. The molecule has 2 N–H and O–H groups in total. The number of rotatable bonds is 5. The molecule has 0 amide bonds. The average molecular weight is 263 g/mol. The Labute approximate surface area is 111 Å². The lowest BCUT2D eigenvalue weighted by Gasteiger charge is -2.08. The van der Waals surface area contributed by atoms with E-state index in [-0.39, 0.29) is 6.04 Å². The third kappa shape index (κ3) is 3.03. The van der Waals surface area contributed by atoms with Gasteiger partial charge in [-0.1, -0.05) is 11.2 Å². The Balaban J connectivity index is 2.18. The fraction of sp³-hybridized carbons (Fsp3) is 0.385. The molecule has 1 aromatic heterocycles. The zero-order valence-electron chi connectivity index (χ0n) is 11.2. The van der Waals surface area contributed by atoms with Gasteiger partial charge in [-0.15, -0.1) is 0 Å². The standard InChI is InChI=1S/C13H17N3O3/c1-8(14)13-15-12(19-16-13)7-9-4-5-10(17-2)11(6-9)18-3/h4-6,8H,7,14H2,1-3H3. The fourth-order valence-electron chi connectivity index (χ4n) is 1.69. The summed E-state index contributed by atoms with van der Waals surface area (Å²) in [5, 5.41) is 3.82. The van der Waals surface area contributed by atoms with Crippen LogP contribution in [0.15, 0.2) is 22.7 Å². The summed E-state index contributed by atoms with van der Waals surface area (Å²) in [6, 6.07) is 5.42. The summed E-state index contributed by atoms with van der Waals surface area (Å²) in [6.45, 7) is 1.81. The molecule has 0 fully saturated rings. The number of benzene rings is 1. The van der Waals surface area contributed by atoms with Crippen molar-refractivity contribution in [2.45, 2.75) is 19.4 Å². The second-order valence-corrected chi connectivity index (χ2v) is 4.20. The lowest BCUT2D eigenvalue weighted by Crippen LogP contribution is -2.06. The molecule has 2 aromatic rings. The molecule has 0 spiro atoms. The first-order valence-corrected chi connectivity index (χ1v) is 5.93. The maximum atomic E-state index is 5.68. The Hall–Kier alpha value is -2.08. The summed E-state index contributed by atoms with van der Waals surface area (Å²) in [7, 11) is 3.20. The highest BCUT2D eigenvalue weighted by Crippen LogP contribution is 2.28. The van der Waals surface area contributed by atoms with Gasteiger partial charge in [-0.3, -0.25) is 0 Å². The van der Waals surface area contributed by atoms with Crippen molar-refractivity contribution in [1.82, 2.24) is 10.1 Å². The first-order chi connectivity index (χ1) is 9.13. The summed E-state index contributed by atoms with van der Waals surface area (Å²) in [6.07, 6.45) is 0.528. The average Bonchev–Trinajstić information content (AvgIpc) is 2.87. The second-order valence-electron chi connectivity index (χ2n) is 4.20. The molecule has 0 aliphatic carbocycles. The highest BCUT2D eigenvalue weighted by molar-refractivity contribution is 5.43. The number of methoxy groups -OCH3 is 2. The summed E-state index contributed by atoms with van der Waals surface area (Å²) in [5.41, 5.74) is 6.68. The van der Waals surface area contributed by atoms with Gasteiger partial charge in [0.05, 0.1) is 26.7 Å². The maximum absolute atomic E-state index is 5.68. The van der Waals surface area contributed by atoms with Crippen molar-refractivity contribution in [1.29, 1.82) is 0 Å². The van der Waals surface area contributed by atoms with Gasteiger partial charge in [0, 0.05) is 0 Å². The highest BCUT2D eigenvalue weighted by Gasteiger charge is 2.12. The Morgan fingerprint density at radius 3 is 2.58 bits per heavy atom. The van der Waals surface area contributed by atoms with Crippen LogP contribution >= 0.6 is 0 Å². The number of hydrogen-bond acceptors (Lipinski definition) is 6. The lowest BCUT2D eigenvalue weighted by molar-refractivity contribution is 0.354. The van der Waals surface area contributed by atoms with Gasteiger partial charge in [-0.05, 0) is 24.6 Å². The molecule has 0 bridgehead atoms. The zero-order valence-corrected chi connectivity index (χ0v) is 11.2. The minimum absolute atomic E-state index is 0.233. The van der Waals surface area contributed by atoms with E-state index in [1.807, 2.05) is 25.1 Å². The van der Waals surface area contributed by atoms with Crippen molar-refractivity contribution < 1.29 is 14.0 Å². The van der Waals surface area contributed by atoms with Crippen molar-refractivity contribution in [2.75, 3.05) is 14.2 Å². The van der Waals surface area contributed by atoms with Crippen LogP contribution in [0.2, 0.25) is 0 Å². The van der Waals surface area contributed by atoms with Gasteiger partial charge in [-0.2, -0.15) is 4.98 Å². The van der Waals surface area contributed by atoms with Gasteiger partial charge in [0.1, 0.15) is 0 Å². The van der Waals surface area contributed by atoms with E-state index in [1.54, 1.807) is 14.2 Å². The van der Waals surface area contributed by atoms with Crippen LogP contribution in [-0.4, -0.2) is 24.4 Å². The Kier molecular flexibility index (Phi) is 4.01. The van der Waals surface area contributed by atoms with Crippen molar-refractivity contribution in [2.24, 2.45) is 5.73 Å². The van der Waals surface area contributed by atoms with E-state index < -0.39 is 0 Å². The minimum Gasteiger partial charge on any atom is -0.493 e. The fourth-order valence-corrected chi connectivity index (χ4v) is 1.69. The summed E-state index contributed by atoms with van der Waals surface area (Å²) >= 11 is 0. The number of aromatic nitrogens is 2. The first-order valence-electron chi connectivity index (χ1n) is 5.93. The normalized spacial score (nSPS) is 12.2. The van der Waals surface area contributed by atoms with Crippen LogP contribution in [0.1, 0.15) is 30.2 Å². The molecule has 1 aromatic carbocycles. The molecule has 0 aliphatic heterocycles. The van der Waals surface area contributed by atoms with E-state index in [2.05, 4.69) is 10.1 Å². The summed E-state index contributed by atoms with van der Waals surface area (Å²) in [5.74, 6) is 2.40. The largest absolute Gasteiger partial charge is 0.493 e. The van der Waals surface area contributed by atoms with E-state index in [1.165, 1.54) is 0 Å². The molecule has 1 atom stereocenters. The molecule has 1 unspecified atom stereocenters. The summed E-state index contributed by atoms with van der Waals surface area (Å²) in [4.78, 5) is 4.23. The summed E-state index contributed by atoms with van der Waals surface area (Å²) < 4.78 is 15.6. The van der Waals surface area contributed by atoms with Gasteiger partial charge in [0.2, 0.25) is 5.89 Å². The number of hydrogen-bond donors (Lipinski definition) is 1. The Morgan fingerprint density at radius 1 is 1.26 bits per heavy atom. The third-order valence-electron chi connectivity index (χ3n) is 2.69. The molecular weight excluding hydrogens is 246 g/mol. The maximum Gasteiger partial charge on any atom is 0.231 e. The first kappa shape index (κ1) is 13.4. The van der Waals surface area contributed by atoms with Crippen molar-refractivity contribution in [3.05, 3.63) is 35.5 Å². The molecule has 102 valence electrons. The van der Waals surface area contributed by atoms with Crippen LogP contribution in [0.25, 0.3) is 0 Å². The van der Waals surface area contributed by atoms with Crippen molar-refractivity contribution >= 4 is 0 Å². The molecule has 2 rings (SSSR count). The molecule has 0 aliphatic rings. The monoisotopic (exact) mass is 263 g/mol. The zero-order chi connectivity index (χ0) is 13.8. The van der Waals surface area contributed by atoms with Gasteiger partial charge in [0.15, 0.2) is 17.3 Å². The molecular formula is C13H17N3O3. The second kappa shape index (κ2) is 5.71. The molecule has 0 saturated carbocycles. The van der Waals surface area contributed by atoms with Gasteiger partial charge < -0.3 is 19.7 Å². The molecule has 1 heterocycles. The van der Waals surface area contributed by atoms with E-state index in [4.69, 9.17) is 19.7 Å². The number of nitrogens with two attached hydrogens (primary N) is 1. The van der Waals surface area contributed by atoms with Crippen LogP contribution in [0.4, 0.5) is 0 Å². The number of nitrogens with zero attached hydrogens (tertiary/aromatic N) is 2. The molecule has 6 heteroatoms. The Bertz CT molecular complexity index is 552.